The van der Waals surface area contributed by atoms with E-state index in [-0.39, 0.29) is 0 Å². The fraction of sp³-hybridized carbons (Fsp3) is 0.370. The molecule has 1 aliphatic rings. The third kappa shape index (κ3) is 4.91. The summed E-state index contributed by atoms with van der Waals surface area (Å²) in [4.78, 5) is 24.8. The number of para-hydroxylation sites is 1. The van der Waals surface area contributed by atoms with Crippen LogP contribution in [-0.2, 0) is 19.1 Å². The quantitative estimate of drug-likeness (QED) is 0.253. The predicted octanol–water partition coefficient (Wildman–Crippen LogP) is 5.84. The lowest BCUT2D eigenvalue weighted by Gasteiger charge is -2.29. The van der Waals surface area contributed by atoms with Crippen molar-refractivity contribution in [2.45, 2.75) is 38.7 Å². The lowest BCUT2D eigenvalue weighted by molar-refractivity contribution is -0.350. The number of rotatable bonds is 9. The van der Waals surface area contributed by atoms with Crippen LogP contribution in [0.4, 0.5) is 13.2 Å². The highest BCUT2D eigenvalue weighted by Crippen LogP contribution is 2.75. The van der Waals surface area contributed by atoms with Gasteiger partial charge in [0.15, 0.2) is 0 Å². The van der Waals surface area contributed by atoms with Gasteiger partial charge in [0.25, 0.3) is 0 Å². The first-order valence-corrected chi connectivity index (χ1v) is 11.2. The number of benzene rings is 2. The van der Waals surface area contributed by atoms with Gasteiger partial charge in [0.05, 0.1) is 12.0 Å². The molecular weight excluding hydrogens is 491 g/mol. The molecular formula is C27H26F3NO6. The number of carbonyl (C=O) groups is 2. The number of carbonyl (C=O) groups excluding carboxylic acids is 1. The van der Waals surface area contributed by atoms with E-state index in [1.807, 2.05) is 6.07 Å². The molecule has 2 aromatic rings. The van der Waals surface area contributed by atoms with E-state index in [1.54, 1.807) is 62.4 Å². The molecule has 0 unspecified atom stereocenters. The summed E-state index contributed by atoms with van der Waals surface area (Å²) in [7, 11) is 0.747. The summed E-state index contributed by atoms with van der Waals surface area (Å²) in [6.45, 7) is 3.79. The van der Waals surface area contributed by atoms with E-state index in [0.717, 1.165) is 13.2 Å². The van der Waals surface area contributed by atoms with Crippen LogP contribution in [0.1, 0.15) is 32.3 Å². The molecule has 7 nitrogen and oxygen atoms in total. The zero-order chi connectivity index (χ0) is 27.6. The lowest BCUT2D eigenvalue weighted by atomic mass is 9.78. The van der Waals surface area contributed by atoms with E-state index in [0.29, 0.717) is 24.0 Å². The van der Waals surface area contributed by atoms with Gasteiger partial charge in [0.2, 0.25) is 0 Å². The molecule has 3 rings (SSSR count). The van der Waals surface area contributed by atoms with Crippen molar-refractivity contribution in [3.8, 4) is 17.6 Å². The number of aliphatic carboxylic acids is 1. The van der Waals surface area contributed by atoms with Gasteiger partial charge in [-0.15, -0.1) is 0 Å². The Labute approximate surface area is 212 Å². The van der Waals surface area contributed by atoms with Gasteiger partial charge in [0, 0.05) is 26.0 Å². The van der Waals surface area contributed by atoms with Crippen molar-refractivity contribution in [3.05, 3.63) is 72.3 Å². The Balaban J connectivity index is 1.91. The van der Waals surface area contributed by atoms with Gasteiger partial charge in [-0.3, -0.25) is 4.79 Å². The van der Waals surface area contributed by atoms with Crippen molar-refractivity contribution >= 4 is 11.9 Å². The molecule has 1 saturated carbocycles. The molecule has 0 spiro atoms. The largest absolute Gasteiger partial charge is 0.481 e. The summed E-state index contributed by atoms with van der Waals surface area (Å²) in [5, 5.41) is 20.3. The van der Waals surface area contributed by atoms with Crippen LogP contribution in [0.3, 0.4) is 0 Å². The van der Waals surface area contributed by atoms with Crippen LogP contribution in [0, 0.1) is 28.1 Å². The summed E-state index contributed by atoms with van der Waals surface area (Å²) in [5.74, 6) is -6.91. The van der Waals surface area contributed by atoms with Crippen LogP contribution in [0.15, 0.2) is 66.7 Å². The average molecular weight is 518 g/mol. The maximum Gasteiger partial charge on any atom is 0.455 e. The molecule has 1 aliphatic carbocycles. The molecule has 10 heteroatoms. The topological polar surface area (TPSA) is 106 Å². The number of hydrogen-bond acceptors (Lipinski definition) is 6. The Kier molecular flexibility index (Phi) is 7.42. The molecule has 0 saturated heterocycles. The maximum atomic E-state index is 13.2. The summed E-state index contributed by atoms with van der Waals surface area (Å²) >= 11 is 0. The number of carboxylic acids is 1. The normalized spacial score (nSPS) is 22.9. The van der Waals surface area contributed by atoms with Gasteiger partial charge in [-0.05, 0) is 35.2 Å². The highest BCUT2D eigenvalue weighted by atomic mass is 19.4. The zero-order valence-corrected chi connectivity index (χ0v) is 20.6. The number of methoxy groups -OCH3 is 1. The molecule has 2 aromatic carbocycles. The third-order valence-corrected chi connectivity index (χ3v) is 6.98. The van der Waals surface area contributed by atoms with Crippen molar-refractivity contribution in [3.63, 3.8) is 0 Å². The molecule has 0 radical (unpaired) electrons. The first-order chi connectivity index (χ1) is 17.2. The van der Waals surface area contributed by atoms with Crippen LogP contribution >= 0.6 is 0 Å². The van der Waals surface area contributed by atoms with Crippen LogP contribution in [0.2, 0.25) is 0 Å². The molecule has 196 valence electrons. The van der Waals surface area contributed by atoms with Gasteiger partial charge in [-0.1, -0.05) is 50.3 Å². The van der Waals surface area contributed by atoms with E-state index in [2.05, 4.69) is 15.5 Å². The highest BCUT2D eigenvalue weighted by molar-refractivity contribution is 5.86. The lowest BCUT2D eigenvalue weighted by Crippen LogP contribution is -2.47. The number of nitrogens with zero attached hydrogens (tertiary/aromatic N) is 1. The average Bonchev–Trinajstić information content (AvgIpc) is 3.33. The van der Waals surface area contributed by atoms with Gasteiger partial charge >= 0.3 is 23.9 Å². The molecule has 1 fully saturated rings. The molecule has 1 N–H and O–H groups in total. The van der Waals surface area contributed by atoms with E-state index >= 15 is 0 Å². The number of esters is 1. The molecule has 0 bridgehead atoms. The first kappa shape index (κ1) is 27.7. The maximum absolute atomic E-state index is 13.2. The Bertz CT molecular complexity index is 1240. The second-order valence-corrected chi connectivity index (χ2v) is 9.35. The number of hydrogen-bond donors (Lipinski definition) is 1. The van der Waals surface area contributed by atoms with Crippen LogP contribution < -0.4 is 4.74 Å². The second-order valence-electron chi connectivity index (χ2n) is 9.35. The molecule has 0 amide bonds. The summed E-state index contributed by atoms with van der Waals surface area (Å²) in [6, 6.07) is 17.4. The fourth-order valence-electron chi connectivity index (χ4n) is 4.75. The number of nitriles is 1. The summed E-state index contributed by atoms with van der Waals surface area (Å²) in [5.41, 5.74) is -2.31. The molecule has 0 aliphatic heterocycles. The van der Waals surface area contributed by atoms with Crippen LogP contribution in [0.25, 0.3) is 0 Å². The number of halogens is 3. The first-order valence-electron chi connectivity index (χ1n) is 11.2. The molecule has 4 atom stereocenters. The van der Waals surface area contributed by atoms with Gasteiger partial charge in [-0.25, -0.2) is 4.79 Å². The minimum Gasteiger partial charge on any atom is -0.481 e. The second kappa shape index (κ2) is 9.90. The predicted molar refractivity (Wildman–Crippen MR) is 125 cm³/mol. The Morgan fingerprint density at radius 3 is 2.27 bits per heavy atom. The number of allylic oxidation sites excluding steroid dienone is 1. The van der Waals surface area contributed by atoms with Gasteiger partial charge < -0.3 is 19.3 Å². The fourth-order valence-corrected chi connectivity index (χ4v) is 4.75. The van der Waals surface area contributed by atoms with Crippen molar-refractivity contribution in [1.82, 2.24) is 0 Å². The zero-order valence-electron chi connectivity index (χ0n) is 20.6. The minimum absolute atomic E-state index is 0.383. The van der Waals surface area contributed by atoms with Crippen LogP contribution in [0.5, 0.6) is 11.5 Å². The van der Waals surface area contributed by atoms with Crippen LogP contribution in [-0.4, -0.2) is 36.1 Å². The SMILES string of the molecule is CO[C@@](C)(OC(=O)/C=C\[C@H]1C(C)(C)[C@]1(C(=O)O)[C@@H](C#N)c1cccc(Oc2ccccc2)c1)C(F)(F)F. The van der Waals surface area contributed by atoms with E-state index < -0.39 is 46.6 Å². The van der Waals surface area contributed by atoms with Crippen molar-refractivity contribution in [2.24, 2.45) is 16.7 Å². The molecule has 0 heterocycles. The van der Waals surface area contributed by atoms with Gasteiger partial charge in [0.1, 0.15) is 16.9 Å². The summed E-state index contributed by atoms with van der Waals surface area (Å²) in [6.07, 6.45) is -3.07. The van der Waals surface area contributed by atoms with E-state index in [1.165, 1.54) is 6.08 Å². The van der Waals surface area contributed by atoms with Crippen molar-refractivity contribution in [2.75, 3.05) is 7.11 Å². The minimum atomic E-state index is -4.99. The summed E-state index contributed by atoms with van der Waals surface area (Å²) < 4.78 is 54.2. The highest BCUT2D eigenvalue weighted by Gasteiger charge is 2.78. The number of alkyl halides is 3. The van der Waals surface area contributed by atoms with Gasteiger partial charge in [-0.2, -0.15) is 18.4 Å². The molecule has 37 heavy (non-hydrogen) atoms. The number of ether oxygens (including phenoxy) is 3. The van der Waals surface area contributed by atoms with E-state index in [4.69, 9.17) is 4.74 Å². The van der Waals surface area contributed by atoms with E-state index in [9.17, 15) is 33.1 Å². The Hall–Kier alpha value is -3.84. The Morgan fingerprint density at radius 2 is 1.73 bits per heavy atom. The molecule has 0 aromatic heterocycles. The number of carboxylic acid groups (broad SMARTS) is 1. The third-order valence-electron chi connectivity index (χ3n) is 6.98. The van der Waals surface area contributed by atoms with Crippen molar-refractivity contribution < 1.29 is 42.1 Å². The Morgan fingerprint density at radius 1 is 1.11 bits per heavy atom. The monoisotopic (exact) mass is 517 g/mol. The standard InChI is InChI=1S/C27H26F3NO6/c1-24(2)21(13-14-22(32)37-25(3,35-4)27(28,29)30)26(24,23(33)34)20(16-31)17-9-8-12-19(15-17)36-18-10-6-5-7-11-18/h5-15,20-21H,1-4H3,(H,33,34)/b14-13-/t20-,21-,25-,26+/m0/s1. The van der Waals surface area contributed by atoms with Crippen molar-refractivity contribution in [1.29, 1.82) is 5.26 Å². The smallest absolute Gasteiger partial charge is 0.455 e.